The Morgan fingerprint density at radius 3 is 2.56 bits per heavy atom. The number of hydrogen-bond acceptors (Lipinski definition) is 3. The number of carbonyl (C=O) groups is 2. The Balaban J connectivity index is 2.09. The fourth-order valence-corrected chi connectivity index (χ4v) is 2.72. The van der Waals surface area contributed by atoms with E-state index < -0.39 is 5.41 Å². The summed E-state index contributed by atoms with van der Waals surface area (Å²) in [6.07, 6.45) is 3.87. The number of carbonyl (C=O) groups excluding carboxylic acids is 2. The largest absolute Gasteiger partial charge is 0.476 e. The van der Waals surface area contributed by atoms with Gasteiger partial charge in [-0.2, -0.15) is 0 Å². The lowest BCUT2D eigenvalue weighted by atomic mass is 9.63. The predicted molar refractivity (Wildman–Crippen MR) is 56.3 cm³/mol. The molecule has 0 aromatic carbocycles. The van der Waals surface area contributed by atoms with Gasteiger partial charge >= 0.3 is 0 Å². The van der Waals surface area contributed by atoms with Crippen LogP contribution >= 0.6 is 0 Å². The van der Waals surface area contributed by atoms with Gasteiger partial charge in [-0.05, 0) is 26.7 Å². The summed E-state index contributed by atoms with van der Waals surface area (Å²) in [6, 6.07) is 0. The fraction of sp³-hybridized carbons (Fsp3) is 0.667. The highest BCUT2D eigenvalue weighted by Crippen LogP contribution is 2.49. The van der Waals surface area contributed by atoms with Crippen molar-refractivity contribution in [3.05, 3.63) is 12.0 Å². The lowest BCUT2D eigenvalue weighted by Gasteiger charge is -2.45. The van der Waals surface area contributed by atoms with Crippen LogP contribution in [0.3, 0.4) is 0 Å². The van der Waals surface area contributed by atoms with Crippen molar-refractivity contribution in [2.45, 2.75) is 38.6 Å². The zero-order chi connectivity index (χ0) is 11.6. The third-order valence-electron chi connectivity index (χ3n) is 3.94. The van der Waals surface area contributed by atoms with E-state index in [-0.39, 0.29) is 17.2 Å². The minimum atomic E-state index is -0.742. The maximum absolute atomic E-state index is 12.4. The van der Waals surface area contributed by atoms with Crippen LogP contribution in [0, 0.1) is 5.41 Å². The molecule has 0 radical (unpaired) electrons. The summed E-state index contributed by atoms with van der Waals surface area (Å²) in [4.78, 5) is 26.1. The maximum Gasteiger partial charge on any atom is 0.243 e. The van der Waals surface area contributed by atoms with E-state index >= 15 is 0 Å². The summed E-state index contributed by atoms with van der Waals surface area (Å²) in [5.41, 5.74) is -1.07. The summed E-state index contributed by atoms with van der Waals surface area (Å²) in [5.74, 6) is 0.328. The van der Waals surface area contributed by atoms with E-state index in [0.717, 1.165) is 6.42 Å². The molecular formula is C12H15NO3. The third-order valence-corrected chi connectivity index (χ3v) is 3.94. The Kier molecular flexibility index (Phi) is 1.65. The van der Waals surface area contributed by atoms with Crippen molar-refractivity contribution in [1.82, 2.24) is 4.90 Å². The van der Waals surface area contributed by atoms with Gasteiger partial charge in [0.1, 0.15) is 12.0 Å². The first-order chi connectivity index (χ1) is 7.47. The number of fused-ring (bicyclic) bond motifs is 1. The molecular weight excluding hydrogens is 206 g/mol. The average molecular weight is 221 g/mol. The van der Waals surface area contributed by atoms with Crippen LogP contribution in [0.1, 0.15) is 33.1 Å². The molecule has 16 heavy (non-hydrogen) atoms. The number of rotatable bonds is 0. The monoisotopic (exact) mass is 221 g/mol. The van der Waals surface area contributed by atoms with Gasteiger partial charge in [0, 0.05) is 6.08 Å². The van der Waals surface area contributed by atoms with Gasteiger partial charge in [0.05, 0.1) is 5.54 Å². The molecule has 2 fully saturated rings. The van der Waals surface area contributed by atoms with Crippen LogP contribution < -0.4 is 0 Å². The zero-order valence-corrected chi connectivity index (χ0v) is 9.58. The second-order valence-electron chi connectivity index (χ2n) is 5.52. The first-order valence-corrected chi connectivity index (χ1v) is 5.71. The highest BCUT2D eigenvalue weighted by atomic mass is 16.5. The quantitative estimate of drug-likeness (QED) is 0.578. The average Bonchev–Trinajstić information content (AvgIpc) is 2.39. The molecule has 0 N–H and O–H groups in total. The van der Waals surface area contributed by atoms with Crippen LogP contribution in [0.5, 0.6) is 0 Å². The Morgan fingerprint density at radius 2 is 2.00 bits per heavy atom. The van der Waals surface area contributed by atoms with E-state index in [1.807, 2.05) is 13.8 Å². The first kappa shape index (κ1) is 9.87. The number of hydrogen-bond donors (Lipinski definition) is 0. The van der Waals surface area contributed by atoms with Crippen molar-refractivity contribution < 1.29 is 14.3 Å². The highest BCUT2D eigenvalue weighted by molar-refractivity contribution is 6.14. The van der Waals surface area contributed by atoms with Crippen LogP contribution in [0.15, 0.2) is 12.0 Å². The lowest BCUT2D eigenvalue weighted by Crippen LogP contribution is -2.58. The van der Waals surface area contributed by atoms with Crippen LogP contribution in [-0.4, -0.2) is 28.7 Å². The van der Waals surface area contributed by atoms with Crippen molar-refractivity contribution in [2.75, 3.05) is 6.61 Å². The molecule has 1 saturated carbocycles. The van der Waals surface area contributed by atoms with E-state index in [1.54, 1.807) is 4.90 Å². The molecule has 0 aromatic rings. The molecule has 1 saturated heterocycles. The molecule has 86 valence electrons. The van der Waals surface area contributed by atoms with Crippen molar-refractivity contribution in [3.8, 4) is 0 Å². The number of nitrogens with zero attached hydrogens (tertiary/aromatic N) is 1. The SMILES string of the molecule is CC1(C)COC2=CC(=O)C3(CCC3)C(=O)N21. The van der Waals surface area contributed by atoms with Crippen molar-refractivity contribution in [2.24, 2.45) is 5.41 Å². The van der Waals surface area contributed by atoms with Gasteiger partial charge in [-0.1, -0.05) is 6.42 Å². The molecule has 4 nitrogen and oxygen atoms in total. The summed E-state index contributed by atoms with van der Waals surface area (Å²) >= 11 is 0. The topological polar surface area (TPSA) is 46.6 Å². The molecule has 0 unspecified atom stereocenters. The van der Waals surface area contributed by atoms with Crippen molar-refractivity contribution in [3.63, 3.8) is 0 Å². The molecule has 1 aliphatic carbocycles. The van der Waals surface area contributed by atoms with E-state index in [0.29, 0.717) is 25.3 Å². The molecule has 4 heteroatoms. The number of ketones is 1. The molecule has 2 heterocycles. The highest BCUT2D eigenvalue weighted by Gasteiger charge is 2.59. The molecule has 3 rings (SSSR count). The van der Waals surface area contributed by atoms with Gasteiger partial charge < -0.3 is 4.74 Å². The molecule has 3 aliphatic rings. The second kappa shape index (κ2) is 2.67. The van der Waals surface area contributed by atoms with Crippen molar-refractivity contribution >= 4 is 11.7 Å². The van der Waals surface area contributed by atoms with Gasteiger partial charge in [-0.15, -0.1) is 0 Å². The van der Waals surface area contributed by atoms with Crippen LogP contribution in [-0.2, 0) is 14.3 Å². The summed E-state index contributed by atoms with van der Waals surface area (Å²) in [5, 5.41) is 0. The second-order valence-corrected chi connectivity index (χ2v) is 5.52. The molecule has 0 bridgehead atoms. The number of allylic oxidation sites excluding steroid dienone is 1. The maximum atomic E-state index is 12.4. The lowest BCUT2D eigenvalue weighted by molar-refractivity contribution is -0.156. The number of amides is 1. The Morgan fingerprint density at radius 1 is 1.31 bits per heavy atom. The smallest absolute Gasteiger partial charge is 0.243 e. The summed E-state index contributed by atoms with van der Waals surface area (Å²) in [6.45, 7) is 4.40. The van der Waals surface area contributed by atoms with Gasteiger partial charge in [0.15, 0.2) is 11.7 Å². The van der Waals surface area contributed by atoms with E-state index in [4.69, 9.17) is 4.74 Å². The summed E-state index contributed by atoms with van der Waals surface area (Å²) < 4.78 is 5.42. The van der Waals surface area contributed by atoms with Crippen LogP contribution in [0.4, 0.5) is 0 Å². The molecule has 1 spiro atoms. The van der Waals surface area contributed by atoms with Gasteiger partial charge in [0.25, 0.3) is 0 Å². The van der Waals surface area contributed by atoms with E-state index in [1.165, 1.54) is 6.08 Å². The first-order valence-electron chi connectivity index (χ1n) is 5.71. The zero-order valence-electron chi connectivity index (χ0n) is 9.58. The Bertz CT molecular complexity index is 418. The van der Waals surface area contributed by atoms with E-state index in [2.05, 4.69) is 0 Å². The molecule has 2 aliphatic heterocycles. The van der Waals surface area contributed by atoms with Gasteiger partial charge in [0.2, 0.25) is 5.91 Å². The van der Waals surface area contributed by atoms with Crippen LogP contribution in [0.2, 0.25) is 0 Å². The predicted octanol–water partition coefficient (Wildman–Crippen LogP) is 1.22. The Labute approximate surface area is 94.2 Å². The minimum Gasteiger partial charge on any atom is -0.476 e. The normalized spacial score (nSPS) is 29.6. The van der Waals surface area contributed by atoms with Crippen LogP contribution in [0.25, 0.3) is 0 Å². The standard InChI is InChI=1S/C12H15NO3/c1-11(2)7-16-9-6-8(14)12(4-3-5-12)10(15)13(9)11/h6H,3-5,7H2,1-2H3. The van der Waals surface area contributed by atoms with E-state index in [9.17, 15) is 9.59 Å². The number of ether oxygens (including phenoxy) is 1. The van der Waals surface area contributed by atoms with Crippen molar-refractivity contribution in [1.29, 1.82) is 0 Å². The van der Waals surface area contributed by atoms with Gasteiger partial charge in [-0.25, -0.2) is 0 Å². The third kappa shape index (κ3) is 0.950. The summed E-state index contributed by atoms with van der Waals surface area (Å²) in [7, 11) is 0. The molecule has 0 atom stereocenters. The minimum absolute atomic E-state index is 0.0521. The molecule has 1 amide bonds. The Hall–Kier alpha value is -1.32. The molecule has 0 aromatic heterocycles. The van der Waals surface area contributed by atoms with Gasteiger partial charge in [-0.3, -0.25) is 14.5 Å². The fourth-order valence-electron chi connectivity index (χ4n) is 2.72.